The number of fused-ring (bicyclic) bond motifs is 2. The number of pyridine rings is 1. The van der Waals surface area contributed by atoms with Crippen molar-refractivity contribution >= 4 is 33.8 Å². The minimum Gasteiger partial charge on any atom is -0.273 e. The van der Waals surface area contributed by atoms with Crippen LogP contribution in [0.5, 0.6) is 0 Å². The van der Waals surface area contributed by atoms with Crippen LogP contribution in [0.2, 0.25) is 0 Å². The molecular formula is C22H17N3O. The summed E-state index contributed by atoms with van der Waals surface area (Å²) in [4.78, 5) is 16.6. The number of carbonyl (C=O) groups is 1. The van der Waals surface area contributed by atoms with Gasteiger partial charge in [0.05, 0.1) is 18.2 Å². The third kappa shape index (κ3) is 3.30. The smallest absolute Gasteiger partial charge is 0.244 e. The highest BCUT2D eigenvalue weighted by molar-refractivity contribution is 5.97. The summed E-state index contributed by atoms with van der Waals surface area (Å²) in [6, 6.07) is 23.8. The van der Waals surface area contributed by atoms with Crippen molar-refractivity contribution in [1.82, 2.24) is 10.4 Å². The van der Waals surface area contributed by atoms with E-state index >= 15 is 0 Å². The molecule has 0 radical (unpaired) electrons. The van der Waals surface area contributed by atoms with Crippen molar-refractivity contribution in [2.24, 2.45) is 5.10 Å². The van der Waals surface area contributed by atoms with Gasteiger partial charge in [-0.15, -0.1) is 0 Å². The molecule has 126 valence electrons. The maximum Gasteiger partial charge on any atom is 0.244 e. The normalized spacial score (nSPS) is 11.2. The van der Waals surface area contributed by atoms with E-state index in [0.29, 0.717) is 0 Å². The van der Waals surface area contributed by atoms with Gasteiger partial charge in [0.25, 0.3) is 0 Å². The lowest BCUT2D eigenvalue weighted by atomic mass is 10.0. The molecule has 0 fully saturated rings. The monoisotopic (exact) mass is 339 g/mol. The third-order valence-corrected chi connectivity index (χ3v) is 4.29. The largest absolute Gasteiger partial charge is 0.273 e. The highest BCUT2D eigenvalue weighted by Crippen LogP contribution is 2.19. The quantitative estimate of drug-likeness (QED) is 0.450. The van der Waals surface area contributed by atoms with Crippen molar-refractivity contribution in [2.75, 3.05) is 0 Å². The zero-order valence-electron chi connectivity index (χ0n) is 14.1. The Morgan fingerprint density at radius 1 is 0.923 bits per heavy atom. The van der Waals surface area contributed by atoms with Crippen molar-refractivity contribution in [2.45, 2.75) is 6.42 Å². The van der Waals surface area contributed by atoms with Gasteiger partial charge in [0.15, 0.2) is 0 Å². The molecule has 26 heavy (non-hydrogen) atoms. The Hall–Kier alpha value is -3.53. The molecule has 1 amide bonds. The van der Waals surface area contributed by atoms with Crippen molar-refractivity contribution in [1.29, 1.82) is 0 Å². The molecule has 1 N–H and O–H groups in total. The second-order valence-electron chi connectivity index (χ2n) is 6.03. The molecule has 0 aliphatic carbocycles. The van der Waals surface area contributed by atoms with Crippen molar-refractivity contribution in [3.8, 4) is 0 Å². The van der Waals surface area contributed by atoms with Crippen LogP contribution in [0.1, 0.15) is 11.1 Å². The Balaban J connectivity index is 1.49. The first-order valence-electron chi connectivity index (χ1n) is 8.43. The lowest BCUT2D eigenvalue weighted by molar-refractivity contribution is -0.120. The van der Waals surface area contributed by atoms with E-state index in [1.165, 1.54) is 0 Å². The number of benzene rings is 3. The van der Waals surface area contributed by atoms with E-state index in [-0.39, 0.29) is 12.3 Å². The van der Waals surface area contributed by atoms with Crippen molar-refractivity contribution < 1.29 is 4.79 Å². The average molecular weight is 339 g/mol. The number of hydrogen-bond donors (Lipinski definition) is 1. The molecule has 0 saturated carbocycles. The van der Waals surface area contributed by atoms with Crippen LogP contribution in [-0.2, 0) is 11.2 Å². The molecule has 1 heterocycles. The van der Waals surface area contributed by atoms with Gasteiger partial charge in [-0.3, -0.25) is 9.78 Å². The summed E-state index contributed by atoms with van der Waals surface area (Å²) < 4.78 is 0. The summed E-state index contributed by atoms with van der Waals surface area (Å²) in [5, 5.41) is 7.36. The van der Waals surface area contributed by atoms with E-state index in [2.05, 4.69) is 15.5 Å². The van der Waals surface area contributed by atoms with Gasteiger partial charge >= 0.3 is 0 Å². The molecule has 0 aliphatic heterocycles. The molecular weight excluding hydrogens is 322 g/mol. The fraction of sp³-hybridized carbons (Fsp3) is 0.0455. The summed E-state index contributed by atoms with van der Waals surface area (Å²) in [6.45, 7) is 0. The molecule has 0 unspecified atom stereocenters. The zero-order valence-corrected chi connectivity index (χ0v) is 14.1. The number of carbonyl (C=O) groups excluding carboxylic acids is 1. The summed E-state index contributed by atoms with van der Waals surface area (Å²) in [6.07, 6.45) is 3.67. The van der Waals surface area contributed by atoms with E-state index in [1.54, 1.807) is 12.4 Å². The molecule has 1 aromatic heterocycles. The van der Waals surface area contributed by atoms with Crippen LogP contribution in [0.25, 0.3) is 21.7 Å². The molecule has 0 bridgehead atoms. The number of aromatic nitrogens is 1. The van der Waals surface area contributed by atoms with Crippen LogP contribution < -0.4 is 5.43 Å². The maximum atomic E-state index is 12.3. The van der Waals surface area contributed by atoms with Gasteiger partial charge in [-0.05, 0) is 22.4 Å². The Morgan fingerprint density at radius 2 is 1.69 bits per heavy atom. The van der Waals surface area contributed by atoms with Gasteiger partial charge in [-0.25, -0.2) is 5.43 Å². The van der Waals surface area contributed by atoms with Crippen molar-refractivity contribution in [3.63, 3.8) is 0 Å². The number of amides is 1. The summed E-state index contributed by atoms with van der Waals surface area (Å²) in [5.41, 5.74) is 5.33. The first-order valence-corrected chi connectivity index (χ1v) is 8.43. The van der Waals surface area contributed by atoms with Crippen molar-refractivity contribution in [3.05, 3.63) is 90.1 Å². The third-order valence-electron chi connectivity index (χ3n) is 4.29. The fourth-order valence-corrected chi connectivity index (χ4v) is 3.06. The molecule has 0 aliphatic rings. The van der Waals surface area contributed by atoms with E-state index in [1.807, 2.05) is 72.8 Å². The number of nitrogens with one attached hydrogen (secondary N) is 1. The lowest BCUT2D eigenvalue weighted by Gasteiger charge is -2.05. The average Bonchev–Trinajstić information content (AvgIpc) is 2.68. The zero-order chi connectivity index (χ0) is 17.8. The topological polar surface area (TPSA) is 54.4 Å². The molecule has 0 spiro atoms. The molecule has 4 nitrogen and oxygen atoms in total. The predicted molar refractivity (Wildman–Crippen MR) is 105 cm³/mol. The van der Waals surface area contributed by atoms with Gasteiger partial charge in [0.2, 0.25) is 5.91 Å². The molecule has 4 aromatic rings. The van der Waals surface area contributed by atoms with Gasteiger partial charge in [-0.1, -0.05) is 66.7 Å². The van der Waals surface area contributed by atoms with Gasteiger partial charge in [0.1, 0.15) is 0 Å². The highest BCUT2D eigenvalue weighted by atomic mass is 16.2. The van der Waals surface area contributed by atoms with Crippen LogP contribution in [0.15, 0.2) is 84.1 Å². The predicted octanol–water partition coefficient (Wildman–Crippen LogP) is 4.08. The van der Waals surface area contributed by atoms with Crippen LogP contribution in [0.3, 0.4) is 0 Å². The Morgan fingerprint density at radius 3 is 2.65 bits per heavy atom. The molecule has 0 atom stereocenters. The number of hydrazone groups is 1. The van der Waals surface area contributed by atoms with Crippen LogP contribution in [-0.4, -0.2) is 17.1 Å². The number of para-hydroxylation sites is 1. The Labute approximate surface area is 151 Å². The fourth-order valence-electron chi connectivity index (χ4n) is 3.06. The molecule has 4 heteroatoms. The van der Waals surface area contributed by atoms with E-state index < -0.39 is 0 Å². The first kappa shape index (κ1) is 16.0. The van der Waals surface area contributed by atoms with Gasteiger partial charge in [-0.2, -0.15) is 5.10 Å². The second-order valence-corrected chi connectivity index (χ2v) is 6.03. The SMILES string of the molecule is O=C(Cc1cccc2ccccc12)NN=Cc1cccc2cccnc12. The second kappa shape index (κ2) is 7.15. The number of hydrogen-bond acceptors (Lipinski definition) is 3. The molecule has 3 aromatic carbocycles. The minimum absolute atomic E-state index is 0.147. The molecule has 4 rings (SSSR count). The van der Waals surface area contributed by atoms with Gasteiger partial charge < -0.3 is 0 Å². The summed E-state index contributed by atoms with van der Waals surface area (Å²) >= 11 is 0. The van der Waals surface area contributed by atoms with E-state index in [9.17, 15) is 4.79 Å². The first-order chi connectivity index (χ1) is 12.8. The molecule has 0 saturated heterocycles. The lowest BCUT2D eigenvalue weighted by Crippen LogP contribution is -2.19. The standard InChI is InChI=1S/C22H17N3O/c26-21(14-18-9-3-7-16-6-1-2-12-20(16)18)25-24-15-19-10-4-8-17-11-5-13-23-22(17)19/h1-13,15H,14H2,(H,25,26). The van der Waals surface area contributed by atoms with Crippen LogP contribution in [0.4, 0.5) is 0 Å². The van der Waals surface area contributed by atoms with Crippen LogP contribution >= 0.6 is 0 Å². The van der Waals surface area contributed by atoms with E-state index in [4.69, 9.17) is 0 Å². The maximum absolute atomic E-state index is 12.3. The van der Waals surface area contributed by atoms with Gasteiger partial charge in [0, 0.05) is 17.1 Å². The Kier molecular flexibility index (Phi) is 4.39. The minimum atomic E-state index is -0.147. The highest BCUT2D eigenvalue weighted by Gasteiger charge is 2.06. The number of rotatable bonds is 4. The summed E-state index contributed by atoms with van der Waals surface area (Å²) in [5.74, 6) is -0.147. The van der Waals surface area contributed by atoms with Crippen LogP contribution in [0, 0.1) is 0 Å². The summed E-state index contributed by atoms with van der Waals surface area (Å²) in [7, 11) is 0. The number of nitrogens with zero attached hydrogens (tertiary/aromatic N) is 2. The van der Waals surface area contributed by atoms with E-state index in [0.717, 1.165) is 32.8 Å². The Bertz CT molecular complexity index is 1110.